The van der Waals surface area contributed by atoms with E-state index in [0.717, 1.165) is 5.56 Å². The normalized spacial score (nSPS) is 28.1. The van der Waals surface area contributed by atoms with Gasteiger partial charge in [-0.1, -0.05) is 30.3 Å². The molecule has 2 aliphatic rings. The lowest BCUT2D eigenvalue weighted by atomic mass is 10.1. The van der Waals surface area contributed by atoms with E-state index in [1.165, 1.54) is 10.9 Å². The standard InChI is InChI=1S/C17H20N4O5/c22-7-11-13(23)14(24)17(26-11)21-9-18-15-12(21)16(25)19-8-20(15)6-10-4-2-1-3-5-10/h1-5,9,11,13-14,17,22-24H,6-8H2,(H,19,25). The van der Waals surface area contributed by atoms with Gasteiger partial charge >= 0.3 is 0 Å². The summed E-state index contributed by atoms with van der Waals surface area (Å²) in [6.07, 6.45) is -3.02. The Morgan fingerprint density at radius 3 is 2.69 bits per heavy atom. The molecule has 3 heterocycles. The van der Waals surface area contributed by atoms with Crippen LogP contribution in [0.4, 0.5) is 5.82 Å². The number of fused-ring (bicyclic) bond motifs is 1. The van der Waals surface area contributed by atoms with Crippen molar-refractivity contribution >= 4 is 11.7 Å². The Balaban J connectivity index is 1.65. The molecule has 4 N–H and O–H groups in total. The highest BCUT2D eigenvalue weighted by molar-refractivity contribution is 5.99. The molecule has 9 heteroatoms. The molecule has 0 saturated carbocycles. The Kier molecular flexibility index (Phi) is 4.37. The highest BCUT2D eigenvalue weighted by Gasteiger charge is 2.45. The van der Waals surface area contributed by atoms with Gasteiger partial charge in [0.05, 0.1) is 19.6 Å². The minimum atomic E-state index is -1.28. The number of benzene rings is 1. The number of carbonyl (C=O) groups is 1. The predicted octanol–water partition coefficient (Wildman–Crippen LogP) is -0.798. The fourth-order valence-corrected chi connectivity index (χ4v) is 3.36. The third-order valence-corrected chi connectivity index (χ3v) is 4.73. The molecule has 0 aliphatic carbocycles. The van der Waals surface area contributed by atoms with E-state index in [4.69, 9.17) is 4.74 Å². The van der Waals surface area contributed by atoms with Crippen LogP contribution >= 0.6 is 0 Å². The van der Waals surface area contributed by atoms with Crippen molar-refractivity contribution in [2.24, 2.45) is 0 Å². The van der Waals surface area contributed by atoms with Gasteiger partial charge in [-0.2, -0.15) is 0 Å². The number of aromatic nitrogens is 2. The molecular weight excluding hydrogens is 340 g/mol. The topological polar surface area (TPSA) is 120 Å². The summed E-state index contributed by atoms with van der Waals surface area (Å²) in [6, 6.07) is 9.79. The molecule has 4 unspecified atom stereocenters. The van der Waals surface area contributed by atoms with E-state index in [1.54, 1.807) is 0 Å². The van der Waals surface area contributed by atoms with E-state index < -0.39 is 31.1 Å². The first-order valence-corrected chi connectivity index (χ1v) is 8.36. The summed E-state index contributed by atoms with van der Waals surface area (Å²) in [5.74, 6) is 0.148. The van der Waals surface area contributed by atoms with Crippen LogP contribution in [0.1, 0.15) is 22.3 Å². The van der Waals surface area contributed by atoms with Crippen LogP contribution in [0, 0.1) is 0 Å². The van der Waals surface area contributed by atoms with Crippen LogP contribution in [0.25, 0.3) is 0 Å². The van der Waals surface area contributed by atoms with Crippen molar-refractivity contribution in [3.8, 4) is 0 Å². The van der Waals surface area contributed by atoms with E-state index >= 15 is 0 Å². The Morgan fingerprint density at radius 2 is 2.00 bits per heavy atom. The molecule has 4 rings (SSSR count). The summed E-state index contributed by atoms with van der Waals surface area (Å²) < 4.78 is 6.93. The van der Waals surface area contributed by atoms with E-state index in [0.29, 0.717) is 19.0 Å². The zero-order valence-electron chi connectivity index (χ0n) is 13.9. The number of imidazole rings is 1. The molecule has 1 fully saturated rings. The first-order chi connectivity index (χ1) is 12.6. The molecule has 9 nitrogen and oxygen atoms in total. The summed E-state index contributed by atoms with van der Waals surface area (Å²) in [7, 11) is 0. The van der Waals surface area contributed by atoms with Crippen LogP contribution in [-0.2, 0) is 11.3 Å². The molecule has 0 radical (unpaired) electrons. The van der Waals surface area contributed by atoms with Crippen LogP contribution in [0.3, 0.4) is 0 Å². The number of aliphatic hydroxyl groups is 3. The second-order valence-corrected chi connectivity index (χ2v) is 6.40. The molecule has 2 aromatic rings. The average Bonchev–Trinajstić information content (AvgIpc) is 3.21. The second-order valence-electron chi connectivity index (χ2n) is 6.40. The van der Waals surface area contributed by atoms with Crippen molar-refractivity contribution < 1.29 is 24.9 Å². The van der Waals surface area contributed by atoms with E-state index in [9.17, 15) is 20.1 Å². The lowest BCUT2D eigenvalue weighted by Gasteiger charge is -2.29. The van der Waals surface area contributed by atoms with Crippen LogP contribution in [0.15, 0.2) is 36.7 Å². The molecule has 2 aliphatic heterocycles. The Labute approximate surface area is 149 Å². The van der Waals surface area contributed by atoms with Gasteiger partial charge in [0.1, 0.15) is 18.3 Å². The van der Waals surface area contributed by atoms with Gasteiger partial charge in [-0.15, -0.1) is 0 Å². The van der Waals surface area contributed by atoms with E-state index in [-0.39, 0.29) is 11.6 Å². The van der Waals surface area contributed by atoms with Crippen LogP contribution in [0.5, 0.6) is 0 Å². The predicted molar refractivity (Wildman–Crippen MR) is 90.2 cm³/mol. The van der Waals surface area contributed by atoms with Gasteiger partial charge in [-0.05, 0) is 5.56 Å². The number of nitrogens with one attached hydrogen (secondary N) is 1. The minimum Gasteiger partial charge on any atom is -0.394 e. The summed E-state index contributed by atoms with van der Waals surface area (Å²) in [4.78, 5) is 18.7. The Morgan fingerprint density at radius 1 is 1.23 bits per heavy atom. The van der Waals surface area contributed by atoms with Gasteiger partial charge < -0.3 is 30.3 Å². The van der Waals surface area contributed by atoms with E-state index in [1.807, 2.05) is 35.2 Å². The molecule has 1 aromatic carbocycles. The van der Waals surface area contributed by atoms with Gasteiger partial charge in [0, 0.05) is 6.54 Å². The zero-order chi connectivity index (χ0) is 18.3. The molecule has 1 amide bonds. The number of rotatable bonds is 4. The summed E-state index contributed by atoms with van der Waals surface area (Å²) in [5, 5.41) is 32.2. The SMILES string of the molecule is O=C1NCN(Cc2ccccc2)c2ncn(C3OC(CO)C(O)C3O)c21. The van der Waals surface area contributed by atoms with Crippen molar-refractivity contribution in [3.63, 3.8) is 0 Å². The summed E-state index contributed by atoms with van der Waals surface area (Å²) >= 11 is 0. The lowest BCUT2D eigenvalue weighted by molar-refractivity contribution is -0.0535. The Bertz CT molecular complexity index is 796. The van der Waals surface area contributed by atoms with Gasteiger partial charge in [0.15, 0.2) is 17.7 Å². The number of nitrogens with zero attached hydrogens (tertiary/aromatic N) is 3. The largest absolute Gasteiger partial charge is 0.394 e. The number of ether oxygens (including phenoxy) is 1. The summed E-state index contributed by atoms with van der Waals surface area (Å²) in [5.41, 5.74) is 1.32. The minimum absolute atomic E-state index is 0.252. The maximum absolute atomic E-state index is 12.4. The number of anilines is 1. The molecule has 0 bridgehead atoms. The van der Waals surface area contributed by atoms with Gasteiger partial charge in [-0.25, -0.2) is 4.98 Å². The van der Waals surface area contributed by atoms with Crippen LogP contribution in [0.2, 0.25) is 0 Å². The van der Waals surface area contributed by atoms with E-state index in [2.05, 4.69) is 10.3 Å². The number of aliphatic hydroxyl groups excluding tert-OH is 3. The fraction of sp³-hybridized carbons (Fsp3) is 0.412. The number of carbonyl (C=O) groups excluding carboxylic acids is 1. The van der Waals surface area contributed by atoms with Crippen molar-refractivity contribution in [2.45, 2.75) is 31.1 Å². The first kappa shape index (κ1) is 17.0. The quantitative estimate of drug-likeness (QED) is 0.563. The second kappa shape index (κ2) is 6.69. The molecule has 4 atom stereocenters. The van der Waals surface area contributed by atoms with Gasteiger partial charge in [-0.3, -0.25) is 9.36 Å². The van der Waals surface area contributed by atoms with Gasteiger partial charge in [0.25, 0.3) is 5.91 Å². The average molecular weight is 360 g/mol. The molecule has 1 aromatic heterocycles. The lowest BCUT2D eigenvalue weighted by Crippen LogP contribution is -2.44. The molecule has 1 saturated heterocycles. The maximum atomic E-state index is 12.4. The van der Waals surface area contributed by atoms with Gasteiger partial charge in [0.2, 0.25) is 0 Å². The highest BCUT2D eigenvalue weighted by Crippen LogP contribution is 2.33. The number of hydrogen-bond donors (Lipinski definition) is 4. The zero-order valence-corrected chi connectivity index (χ0v) is 13.9. The maximum Gasteiger partial charge on any atom is 0.273 e. The monoisotopic (exact) mass is 360 g/mol. The van der Waals surface area contributed by atoms with Crippen molar-refractivity contribution in [1.82, 2.24) is 14.9 Å². The smallest absolute Gasteiger partial charge is 0.273 e. The third-order valence-electron chi connectivity index (χ3n) is 4.73. The van der Waals surface area contributed by atoms with Crippen LogP contribution < -0.4 is 10.2 Å². The van der Waals surface area contributed by atoms with Crippen molar-refractivity contribution in [2.75, 3.05) is 18.2 Å². The molecule has 0 spiro atoms. The Hall–Kier alpha value is -2.46. The molecule has 138 valence electrons. The summed E-state index contributed by atoms with van der Waals surface area (Å²) in [6.45, 7) is 0.437. The molecular formula is C17H20N4O5. The highest BCUT2D eigenvalue weighted by atomic mass is 16.6. The molecule has 26 heavy (non-hydrogen) atoms. The number of amides is 1. The number of hydrogen-bond acceptors (Lipinski definition) is 7. The third kappa shape index (κ3) is 2.74. The van der Waals surface area contributed by atoms with Crippen molar-refractivity contribution in [1.29, 1.82) is 0 Å². The fourth-order valence-electron chi connectivity index (χ4n) is 3.36. The van der Waals surface area contributed by atoms with Crippen LogP contribution in [-0.4, -0.2) is 62.4 Å². The van der Waals surface area contributed by atoms with Crippen molar-refractivity contribution in [3.05, 3.63) is 47.9 Å². The first-order valence-electron chi connectivity index (χ1n) is 8.36.